The van der Waals surface area contributed by atoms with E-state index in [0.29, 0.717) is 23.3 Å². The molecule has 16 heavy (non-hydrogen) atoms. The maximum absolute atomic E-state index is 11.5. The molecule has 1 saturated heterocycles. The number of hydrogen-bond acceptors (Lipinski definition) is 3. The summed E-state index contributed by atoms with van der Waals surface area (Å²) in [6, 6.07) is 2.71. The van der Waals surface area contributed by atoms with Crippen LogP contribution in [0.3, 0.4) is 0 Å². The molecular weight excluding hydrogens is 278 g/mol. The van der Waals surface area contributed by atoms with Gasteiger partial charge in [0.05, 0.1) is 6.54 Å². The first kappa shape index (κ1) is 11.2. The van der Waals surface area contributed by atoms with E-state index in [0.717, 1.165) is 0 Å². The van der Waals surface area contributed by atoms with Crippen molar-refractivity contribution < 1.29 is 19.1 Å². The van der Waals surface area contributed by atoms with Crippen LogP contribution in [0.5, 0.6) is 0 Å². The Kier molecular flexibility index (Phi) is 3.00. The topological polar surface area (TPSA) is 70.8 Å². The Labute approximate surface area is 100 Å². The number of halogens is 1. The van der Waals surface area contributed by atoms with Crippen molar-refractivity contribution in [1.29, 1.82) is 0 Å². The summed E-state index contributed by atoms with van der Waals surface area (Å²) in [6.45, 7) is 0.210. The minimum absolute atomic E-state index is 0.139. The Balaban J connectivity index is 2.12. The summed E-state index contributed by atoms with van der Waals surface area (Å²) in [5.74, 6) is -0.523. The van der Waals surface area contributed by atoms with Crippen LogP contribution < -0.4 is 0 Å². The zero-order valence-electron chi connectivity index (χ0n) is 8.35. The molecule has 1 aromatic rings. The van der Waals surface area contributed by atoms with Crippen molar-refractivity contribution in [3.05, 3.63) is 22.6 Å². The number of carbonyl (C=O) groups is 2. The first-order valence-electron chi connectivity index (χ1n) is 4.84. The number of aliphatic carboxylic acids is 1. The quantitative estimate of drug-likeness (QED) is 0.917. The fourth-order valence-electron chi connectivity index (χ4n) is 1.79. The van der Waals surface area contributed by atoms with Gasteiger partial charge in [-0.05, 0) is 34.5 Å². The van der Waals surface area contributed by atoms with Gasteiger partial charge in [-0.25, -0.2) is 4.79 Å². The second-order valence-electron chi connectivity index (χ2n) is 3.62. The lowest BCUT2D eigenvalue weighted by Crippen LogP contribution is -2.37. The number of hydrogen-bond donors (Lipinski definition) is 1. The number of nitrogens with zero attached hydrogens (tertiary/aromatic N) is 1. The molecule has 5 nitrogen and oxygen atoms in total. The lowest BCUT2D eigenvalue weighted by molar-refractivity contribution is -0.146. The van der Waals surface area contributed by atoms with E-state index in [1.165, 1.54) is 4.90 Å². The van der Waals surface area contributed by atoms with Gasteiger partial charge in [0.15, 0.2) is 4.67 Å². The molecule has 1 N–H and O–H groups in total. The number of carboxylic acids is 1. The Morgan fingerprint density at radius 2 is 2.38 bits per heavy atom. The van der Waals surface area contributed by atoms with Crippen molar-refractivity contribution in [2.24, 2.45) is 0 Å². The molecule has 2 heterocycles. The number of amides is 1. The molecule has 1 fully saturated rings. The summed E-state index contributed by atoms with van der Waals surface area (Å²) < 4.78 is 5.82. The van der Waals surface area contributed by atoms with Crippen LogP contribution in [-0.4, -0.2) is 27.9 Å². The maximum atomic E-state index is 11.5. The lowest BCUT2D eigenvalue weighted by Gasteiger charge is -2.19. The Morgan fingerprint density at radius 1 is 1.62 bits per heavy atom. The number of likely N-dealkylation sites (tertiary alicyclic amines) is 1. The third kappa shape index (κ3) is 2.11. The van der Waals surface area contributed by atoms with E-state index in [-0.39, 0.29) is 12.5 Å². The predicted molar refractivity (Wildman–Crippen MR) is 57.6 cm³/mol. The molecule has 1 aromatic heterocycles. The highest BCUT2D eigenvalue weighted by Gasteiger charge is 2.36. The van der Waals surface area contributed by atoms with Gasteiger partial charge < -0.3 is 14.4 Å². The number of carboxylic acid groups (broad SMARTS) is 1. The van der Waals surface area contributed by atoms with E-state index < -0.39 is 12.0 Å². The number of rotatable bonds is 3. The molecule has 1 amide bonds. The van der Waals surface area contributed by atoms with Gasteiger partial charge in [-0.3, -0.25) is 4.79 Å². The lowest BCUT2D eigenvalue weighted by atomic mass is 10.2. The summed E-state index contributed by atoms with van der Waals surface area (Å²) in [6.07, 6.45) is 0.662. The zero-order valence-corrected chi connectivity index (χ0v) is 9.94. The standard InChI is InChI=1S/C10H10BrNO4/c11-8-3-1-6(16-8)5-12-7(10(14)15)2-4-9(12)13/h1,3,7H,2,4-5H2,(H,14,15). The molecule has 0 radical (unpaired) electrons. The van der Waals surface area contributed by atoms with Crippen LogP contribution in [0.2, 0.25) is 0 Å². The van der Waals surface area contributed by atoms with Gasteiger partial charge in [0.1, 0.15) is 11.8 Å². The number of furan rings is 1. The minimum Gasteiger partial charge on any atom is -0.480 e. The zero-order chi connectivity index (χ0) is 11.7. The molecule has 6 heteroatoms. The van der Waals surface area contributed by atoms with Gasteiger partial charge in [-0.1, -0.05) is 0 Å². The molecule has 1 atom stereocenters. The smallest absolute Gasteiger partial charge is 0.326 e. The maximum Gasteiger partial charge on any atom is 0.326 e. The summed E-state index contributed by atoms with van der Waals surface area (Å²) in [5.41, 5.74) is 0. The summed E-state index contributed by atoms with van der Waals surface area (Å²) in [5, 5.41) is 8.95. The van der Waals surface area contributed by atoms with Crippen LogP contribution in [0, 0.1) is 0 Å². The predicted octanol–water partition coefficient (Wildman–Crippen LogP) is 1.62. The van der Waals surface area contributed by atoms with E-state index in [1.54, 1.807) is 12.1 Å². The summed E-state index contributed by atoms with van der Waals surface area (Å²) in [7, 11) is 0. The van der Waals surface area contributed by atoms with E-state index >= 15 is 0 Å². The summed E-state index contributed by atoms with van der Waals surface area (Å²) >= 11 is 3.15. The van der Waals surface area contributed by atoms with Crippen molar-refractivity contribution in [3.63, 3.8) is 0 Å². The van der Waals surface area contributed by atoms with Crippen LogP contribution in [0.15, 0.2) is 21.2 Å². The molecule has 0 saturated carbocycles. The van der Waals surface area contributed by atoms with Crippen molar-refractivity contribution >= 4 is 27.8 Å². The Morgan fingerprint density at radius 3 is 2.94 bits per heavy atom. The van der Waals surface area contributed by atoms with Crippen LogP contribution in [-0.2, 0) is 16.1 Å². The molecule has 1 aliphatic heterocycles. The van der Waals surface area contributed by atoms with Crippen LogP contribution in [0.4, 0.5) is 0 Å². The highest BCUT2D eigenvalue weighted by molar-refractivity contribution is 9.10. The van der Waals surface area contributed by atoms with Crippen molar-refractivity contribution in [2.45, 2.75) is 25.4 Å². The second kappa shape index (κ2) is 4.29. The fourth-order valence-corrected chi connectivity index (χ4v) is 2.13. The van der Waals surface area contributed by atoms with Gasteiger partial charge in [0.2, 0.25) is 5.91 Å². The second-order valence-corrected chi connectivity index (χ2v) is 4.40. The van der Waals surface area contributed by atoms with E-state index in [2.05, 4.69) is 15.9 Å². The Bertz CT molecular complexity index is 428. The van der Waals surface area contributed by atoms with Crippen LogP contribution >= 0.6 is 15.9 Å². The largest absolute Gasteiger partial charge is 0.480 e. The Hall–Kier alpha value is -1.30. The van der Waals surface area contributed by atoms with Gasteiger partial charge in [0, 0.05) is 6.42 Å². The highest BCUT2D eigenvalue weighted by Crippen LogP contribution is 2.23. The molecule has 86 valence electrons. The third-order valence-electron chi connectivity index (χ3n) is 2.57. The normalized spacial score (nSPS) is 20.4. The molecule has 1 aliphatic rings. The molecule has 2 rings (SSSR count). The van der Waals surface area contributed by atoms with Crippen molar-refractivity contribution in [1.82, 2.24) is 4.90 Å². The van der Waals surface area contributed by atoms with Crippen LogP contribution in [0.25, 0.3) is 0 Å². The molecule has 1 unspecified atom stereocenters. The molecule has 0 spiro atoms. The van der Waals surface area contributed by atoms with Crippen molar-refractivity contribution in [3.8, 4) is 0 Å². The monoisotopic (exact) mass is 287 g/mol. The van der Waals surface area contributed by atoms with Crippen LogP contribution in [0.1, 0.15) is 18.6 Å². The van der Waals surface area contributed by atoms with E-state index in [9.17, 15) is 9.59 Å². The average molecular weight is 288 g/mol. The fraction of sp³-hybridized carbons (Fsp3) is 0.400. The van der Waals surface area contributed by atoms with Crippen molar-refractivity contribution in [2.75, 3.05) is 0 Å². The SMILES string of the molecule is O=C(O)C1CCC(=O)N1Cc1ccc(Br)o1. The first-order valence-corrected chi connectivity index (χ1v) is 5.63. The molecular formula is C10H10BrNO4. The molecule has 0 aromatic carbocycles. The molecule has 0 bridgehead atoms. The van der Waals surface area contributed by atoms with Gasteiger partial charge in [-0.2, -0.15) is 0 Å². The van der Waals surface area contributed by atoms with E-state index in [4.69, 9.17) is 9.52 Å². The van der Waals surface area contributed by atoms with Gasteiger partial charge in [-0.15, -0.1) is 0 Å². The number of carbonyl (C=O) groups excluding carboxylic acids is 1. The first-order chi connectivity index (χ1) is 7.58. The molecule has 0 aliphatic carbocycles. The average Bonchev–Trinajstić information content (AvgIpc) is 2.76. The minimum atomic E-state index is -0.962. The van der Waals surface area contributed by atoms with E-state index in [1.807, 2.05) is 0 Å². The third-order valence-corrected chi connectivity index (χ3v) is 2.99. The summed E-state index contributed by atoms with van der Waals surface area (Å²) in [4.78, 5) is 23.8. The highest BCUT2D eigenvalue weighted by atomic mass is 79.9. The van der Waals surface area contributed by atoms with Gasteiger partial charge in [0.25, 0.3) is 0 Å². The van der Waals surface area contributed by atoms with Gasteiger partial charge >= 0.3 is 5.97 Å².